The van der Waals surface area contributed by atoms with Gasteiger partial charge in [0.15, 0.2) is 11.4 Å². The SMILES string of the molecule is O=C(Nc1cnn(-c2cnc3ccccc3n2)c1)c1cccc2[nH]c(=O)oc12. The van der Waals surface area contributed by atoms with Gasteiger partial charge in [-0.2, -0.15) is 5.10 Å². The highest BCUT2D eigenvalue weighted by molar-refractivity contribution is 6.10. The molecule has 0 saturated heterocycles. The second-order valence-electron chi connectivity index (χ2n) is 6.04. The second-order valence-corrected chi connectivity index (χ2v) is 6.04. The van der Waals surface area contributed by atoms with Gasteiger partial charge in [-0.3, -0.25) is 14.8 Å². The smallest absolute Gasteiger partial charge is 0.407 e. The van der Waals surface area contributed by atoms with Crippen LogP contribution in [0.1, 0.15) is 10.4 Å². The van der Waals surface area contributed by atoms with E-state index in [4.69, 9.17) is 4.42 Å². The van der Waals surface area contributed by atoms with E-state index in [-0.39, 0.29) is 11.1 Å². The molecule has 0 spiro atoms. The molecule has 0 radical (unpaired) electrons. The average Bonchev–Trinajstić information content (AvgIpc) is 3.32. The minimum Gasteiger partial charge on any atom is -0.407 e. The normalized spacial score (nSPS) is 11.1. The molecule has 0 aliphatic carbocycles. The third-order valence-corrected chi connectivity index (χ3v) is 4.20. The minimum atomic E-state index is -0.613. The van der Waals surface area contributed by atoms with Crippen LogP contribution < -0.4 is 11.1 Å². The van der Waals surface area contributed by atoms with Crippen LogP contribution in [0.5, 0.6) is 0 Å². The van der Waals surface area contributed by atoms with Crippen molar-refractivity contribution in [3.63, 3.8) is 0 Å². The Kier molecular flexibility index (Phi) is 3.51. The molecule has 0 saturated carbocycles. The first-order valence-electron chi connectivity index (χ1n) is 8.37. The molecule has 5 rings (SSSR count). The number of rotatable bonds is 3. The number of amides is 1. The average molecular weight is 372 g/mol. The number of hydrogen-bond acceptors (Lipinski definition) is 6. The molecule has 0 aliphatic heterocycles. The van der Waals surface area contributed by atoms with E-state index in [2.05, 4.69) is 25.4 Å². The van der Waals surface area contributed by atoms with Crippen LogP contribution in [0.3, 0.4) is 0 Å². The number of fused-ring (bicyclic) bond motifs is 2. The van der Waals surface area contributed by atoms with Crippen LogP contribution >= 0.6 is 0 Å². The molecule has 5 aromatic rings. The molecule has 9 heteroatoms. The van der Waals surface area contributed by atoms with Gasteiger partial charge in [-0.15, -0.1) is 0 Å². The lowest BCUT2D eigenvalue weighted by Crippen LogP contribution is -2.11. The van der Waals surface area contributed by atoms with E-state index >= 15 is 0 Å². The van der Waals surface area contributed by atoms with Gasteiger partial charge in [0.2, 0.25) is 0 Å². The van der Waals surface area contributed by atoms with Crippen molar-refractivity contribution >= 4 is 33.7 Å². The lowest BCUT2D eigenvalue weighted by molar-refractivity contribution is 0.102. The maximum atomic E-state index is 12.6. The minimum absolute atomic E-state index is 0.206. The van der Waals surface area contributed by atoms with E-state index in [1.807, 2.05) is 24.3 Å². The highest BCUT2D eigenvalue weighted by Gasteiger charge is 2.15. The molecule has 2 aromatic carbocycles. The Bertz CT molecular complexity index is 1400. The Balaban J connectivity index is 1.44. The lowest BCUT2D eigenvalue weighted by Gasteiger charge is -2.03. The number of anilines is 1. The first-order valence-corrected chi connectivity index (χ1v) is 8.37. The van der Waals surface area contributed by atoms with E-state index in [9.17, 15) is 9.59 Å². The first kappa shape index (κ1) is 15.9. The van der Waals surface area contributed by atoms with Gasteiger partial charge in [-0.1, -0.05) is 18.2 Å². The monoisotopic (exact) mass is 372 g/mol. The van der Waals surface area contributed by atoms with Crippen LogP contribution in [-0.2, 0) is 0 Å². The quantitative estimate of drug-likeness (QED) is 0.502. The number of H-pyrrole nitrogens is 1. The summed E-state index contributed by atoms with van der Waals surface area (Å²) in [6.07, 6.45) is 4.74. The summed E-state index contributed by atoms with van der Waals surface area (Å²) < 4.78 is 6.58. The third-order valence-electron chi connectivity index (χ3n) is 4.20. The highest BCUT2D eigenvalue weighted by atomic mass is 16.4. The van der Waals surface area contributed by atoms with E-state index in [0.717, 1.165) is 11.0 Å². The van der Waals surface area contributed by atoms with E-state index in [1.54, 1.807) is 30.6 Å². The Morgan fingerprint density at radius 3 is 2.82 bits per heavy atom. The molecule has 136 valence electrons. The molecular formula is C19H12N6O3. The van der Waals surface area contributed by atoms with E-state index in [1.165, 1.54) is 10.9 Å². The summed E-state index contributed by atoms with van der Waals surface area (Å²) in [4.78, 5) is 35.4. The zero-order chi connectivity index (χ0) is 19.1. The summed E-state index contributed by atoms with van der Waals surface area (Å²) in [6, 6.07) is 12.4. The van der Waals surface area contributed by atoms with Crippen molar-refractivity contribution in [3.05, 3.63) is 77.2 Å². The molecule has 2 N–H and O–H groups in total. The third kappa shape index (κ3) is 2.71. The largest absolute Gasteiger partial charge is 0.417 e. The number of carbonyl (C=O) groups excluding carboxylic acids is 1. The number of aromatic amines is 1. The maximum Gasteiger partial charge on any atom is 0.417 e. The molecule has 0 atom stereocenters. The number of aromatic nitrogens is 5. The molecule has 3 aromatic heterocycles. The Hall–Kier alpha value is -4.27. The molecule has 0 aliphatic rings. The summed E-state index contributed by atoms with van der Waals surface area (Å²) >= 11 is 0. The zero-order valence-electron chi connectivity index (χ0n) is 14.3. The van der Waals surface area contributed by atoms with Gasteiger partial charge in [0, 0.05) is 0 Å². The van der Waals surface area contributed by atoms with Crippen molar-refractivity contribution in [2.75, 3.05) is 5.32 Å². The van der Waals surface area contributed by atoms with Crippen LogP contribution in [0.4, 0.5) is 5.69 Å². The fraction of sp³-hybridized carbons (Fsp3) is 0. The van der Waals surface area contributed by atoms with Crippen molar-refractivity contribution < 1.29 is 9.21 Å². The Morgan fingerprint density at radius 1 is 1.07 bits per heavy atom. The number of nitrogens with one attached hydrogen (secondary N) is 2. The van der Waals surface area contributed by atoms with Gasteiger partial charge in [-0.05, 0) is 24.3 Å². The van der Waals surface area contributed by atoms with Gasteiger partial charge in [-0.25, -0.2) is 14.5 Å². The summed E-state index contributed by atoms with van der Waals surface area (Å²) in [5, 5.41) is 6.97. The highest BCUT2D eigenvalue weighted by Crippen LogP contribution is 2.18. The molecule has 0 fully saturated rings. The van der Waals surface area contributed by atoms with Crippen molar-refractivity contribution in [2.24, 2.45) is 0 Å². The topological polar surface area (TPSA) is 119 Å². The first-order chi connectivity index (χ1) is 13.7. The van der Waals surface area contributed by atoms with E-state index < -0.39 is 11.7 Å². The van der Waals surface area contributed by atoms with Crippen LogP contribution in [0, 0.1) is 0 Å². The summed E-state index contributed by atoms with van der Waals surface area (Å²) in [6.45, 7) is 0. The van der Waals surface area contributed by atoms with Crippen LogP contribution in [0.25, 0.3) is 28.0 Å². The fourth-order valence-corrected chi connectivity index (χ4v) is 2.92. The van der Waals surface area contributed by atoms with Gasteiger partial charge < -0.3 is 9.73 Å². The molecule has 3 heterocycles. The number of nitrogens with zero attached hydrogens (tertiary/aromatic N) is 4. The molecule has 1 amide bonds. The molecule has 28 heavy (non-hydrogen) atoms. The van der Waals surface area contributed by atoms with Gasteiger partial charge >= 0.3 is 5.76 Å². The van der Waals surface area contributed by atoms with Gasteiger partial charge in [0.05, 0.1) is 46.4 Å². The van der Waals surface area contributed by atoms with Crippen LogP contribution in [0.2, 0.25) is 0 Å². The number of para-hydroxylation sites is 3. The van der Waals surface area contributed by atoms with Crippen molar-refractivity contribution in [1.82, 2.24) is 24.7 Å². The standard InChI is InChI=1S/C19H12N6O3/c26-18(12-4-3-7-15-17(12)28-19(27)24-15)22-11-8-21-25(10-11)16-9-20-13-5-1-2-6-14(13)23-16/h1-10H,(H,22,26)(H,24,27). The van der Waals surface area contributed by atoms with Crippen LogP contribution in [-0.4, -0.2) is 30.6 Å². The summed E-state index contributed by atoms with van der Waals surface area (Å²) in [5.74, 6) is -0.506. The molecule has 9 nitrogen and oxygen atoms in total. The molecular weight excluding hydrogens is 360 g/mol. The number of carbonyl (C=O) groups is 1. The zero-order valence-corrected chi connectivity index (χ0v) is 14.3. The van der Waals surface area contributed by atoms with Crippen LogP contribution in [0.15, 0.2) is 70.3 Å². The summed E-state index contributed by atoms with van der Waals surface area (Å²) in [7, 11) is 0. The predicted octanol–water partition coefficient (Wildman–Crippen LogP) is 2.50. The Morgan fingerprint density at radius 2 is 1.93 bits per heavy atom. The number of oxazole rings is 1. The van der Waals surface area contributed by atoms with Gasteiger partial charge in [0.1, 0.15) is 0 Å². The fourth-order valence-electron chi connectivity index (χ4n) is 2.92. The number of benzene rings is 2. The Labute approximate surface area is 156 Å². The predicted molar refractivity (Wildman–Crippen MR) is 101 cm³/mol. The maximum absolute atomic E-state index is 12.6. The van der Waals surface area contributed by atoms with Gasteiger partial charge in [0.25, 0.3) is 5.91 Å². The second kappa shape index (κ2) is 6.16. The van der Waals surface area contributed by atoms with Crippen molar-refractivity contribution in [1.29, 1.82) is 0 Å². The molecule has 0 unspecified atom stereocenters. The number of hydrogen-bond donors (Lipinski definition) is 2. The lowest BCUT2D eigenvalue weighted by atomic mass is 10.2. The summed E-state index contributed by atoms with van der Waals surface area (Å²) in [5.41, 5.74) is 2.91. The van der Waals surface area contributed by atoms with Crippen molar-refractivity contribution in [3.8, 4) is 5.82 Å². The molecule has 0 bridgehead atoms. The van der Waals surface area contributed by atoms with E-state index in [0.29, 0.717) is 17.0 Å². The van der Waals surface area contributed by atoms with Crippen molar-refractivity contribution in [2.45, 2.75) is 0 Å².